The third-order valence-corrected chi connectivity index (χ3v) is 3.54. The predicted molar refractivity (Wildman–Crippen MR) is 78.3 cm³/mol. The zero-order valence-corrected chi connectivity index (χ0v) is 11.8. The predicted octanol–water partition coefficient (Wildman–Crippen LogP) is 1.13. The fraction of sp³-hybridized carbons (Fsp3) is 0.467. The lowest BCUT2D eigenvalue weighted by atomic mass is 10.2. The molecule has 0 aliphatic carbocycles. The van der Waals surface area contributed by atoms with E-state index >= 15 is 0 Å². The number of nitrogens with zero attached hydrogens (tertiary/aromatic N) is 3. The Morgan fingerprint density at radius 1 is 1.25 bits per heavy atom. The van der Waals surface area contributed by atoms with E-state index in [1.807, 2.05) is 17.0 Å². The number of carbonyl (C=O) groups excluding carboxylic acids is 1. The molecule has 1 N–H and O–H groups in total. The van der Waals surface area contributed by atoms with Gasteiger partial charge in [0.2, 0.25) is 5.91 Å². The van der Waals surface area contributed by atoms with Crippen molar-refractivity contribution >= 4 is 11.6 Å². The summed E-state index contributed by atoms with van der Waals surface area (Å²) in [4.78, 5) is 16.2. The van der Waals surface area contributed by atoms with Crippen molar-refractivity contribution < 1.29 is 4.79 Å². The maximum atomic E-state index is 12.0. The van der Waals surface area contributed by atoms with E-state index in [1.165, 1.54) is 0 Å². The summed E-state index contributed by atoms with van der Waals surface area (Å²) in [5, 5.41) is 11.9. The fourth-order valence-electron chi connectivity index (χ4n) is 2.19. The summed E-state index contributed by atoms with van der Waals surface area (Å²) in [6, 6.07) is 9.34. The second-order valence-electron chi connectivity index (χ2n) is 5.05. The molecule has 1 amide bonds. The molecule has 1 aromatic rings. The van der Waals surface area contributed by atoms with Crippen LogP contribution >= 0.6 is 0 Å². The number of carbonyl (C=O) groups is 1. The number of benzene rings is 1. The van der Waals surface area contributed by atoms with Gasteiger partial charge in [-0.2, -0.15) is 5.26 Å². The van der Waals surface area contributed by atoms with Gasteiger partial charge in [-0.1, -0.05) is 0 Å². The first kappa shape index (κ1) is 14.4. The van der Waals surface area contributed by atoms with Crippen molar-refractivity contribution in [2.45, 2.75) is 6.42 Å². The lowest BCUT2D eigenvalue weighted by Gasteiger charge is -2.32. The van der Waals surface area contributed by atoms with Gasteiger partial charge in [0, 0.05) is 44.8 Å². The lowest BCUT2D eigenvalue weighted by Crippen LogP contribution is -2.47. The third-order valence-electron chi connectivity index (χ3n) is 3.54. The van der Waals surface area contributed by atoms with E-state index in [4.69, 9.17) is 5.26 Å². The molecule has 1 saturated heterocycles. The number of rotatable bonds is 4. The second kappa shape index (κ2) is 6.92. The number of nitrogens with one attached hydrogen (secondary N) is 1. The van der Waals surface area contributed by atoms with Gasteiger partial charge in [-0.05, 0) is 31.3 Å². The molecule has 0 unspecified atom stereocenters. The molecular weight excluding hydrogens is 252 g/mol. The first-order valence-electron chi connectivity index (χ1n) is 6.89. The fourth-order valence-corrected chi connectivity index (χ4v) is 2.19. The summed E-state index contributed by atoms with van der Waals surface area (Å²) in [5.74, 6) is 0.208. The van der Waals surface area contributed by atoms with Crippen LogP contribution in [-0.4, -0.2) is 55.5 Å². The molecule has 106 valence electrons. The van der Waals surface area contributed by atoms with Crippen molar-refractivity contribution in [3.8, 4) is 6.07 Å². The maximum Gasteiger partial charge on any atom is 0.224 e. The van der Waals surface area contributed by atoms with E-state index in [-0.39, 0.29) is 5.91 Å². The van der Waals surface area contributed by atoms with Crippen LogP contribution in [0.3, 0.4) is 0 Å². The quantitative estimate of drug-likeness (QED) is 0.893. The Labute approximate surface area is 119 Å². The normalized spacial score (nSPS) is 15.7. The number of likely N-dealkylation sites (N-methyl/N-ethyl adjacent to an activating group) is 1. The minimum atomic E-state index is 0.208. The molecule has 1 fully saturated rings. The van der Waals surface area contributed by atoms with E-state index in [0.29, 0.717) is 18.5 Å². The Morgan fingerprint density at radius 3 is 2.50 bits per heavy atom. The second-order valence-corrected chi connectivity index (χ2v) is 5.05. The van der Waals surface area contributed by atoms with Crippen LogP contribution in [0.1, 0.15) is 12.0 Å². The molecule has 1 aliphatic rings. The molecule has 5 heteroatoms. The van der Waals surface area contributed by atoms with Crippen molar-refractivity contribution in [2.75, 3.05) is 45.1 Å². The topological polar surface area (TPSA) is 59.4 Å². The van der Waals surface area contributed by atoms with Crippen LogP contribution in [0, 0.1) is 11.3 Å². The zero-order chi connectivity index (χ0) is 14.4. The highest BCUT2D eigenvalue weighted by atomic mass is 16.2. The Bertz CT molecular complexity index is 484. The summed E-state index contributed by atoms with van der Waals surface area (Å²) < 4.78 is 0. The summed E-state index contributed by atoms with van der Waals surface area (Å²) >= 11 is 0. The number of anilines is 1. The molecule has 1 aromatic carbocycles. The van der Waals surface area contributed by atoms with Crippen molar-refractivity contribution in [3.63, 3.8) is 0 Å². The Morgan fingerprint density at radius 2 is 1.90 bits per heavy atom. The van der Waals surface area contributed by atoms with Gasteiger partial charge in [-0.3, -0.25) is 4.79 Å². The molecule has 0 spiro atoms. The summed E-state index contributed by atoms with van der Waals surface area (Å²) in [7, 11) is 2.08. The summed E-state index contributed by atoms with van der Waals surface area (Å²) in [6.07, 6.45) is 0.504. The van der Waals surface area contributed by atoms with Crippen LogP contribution in [0.25, 0.3) is 0 Å². The number of piperazine rings is 1. The molecule has 20 heavy (non-hydrogen) atoms. The first-order chi connectivity index (χ1) is 9.69. The van der Waals surface area contributed by atoms with E-state index in [0.717, 1.165) is 31.9 Å². The van der Waals surface area contributed by atoms with Gasteiger partial charge in [0.15, 0.2) is 0 Å². The number of amides is 1. The van der Waals surface area contributed by atoms with Gasteiger partial charge >= 0.3 is 0 Å². The molecule has 0 aromatic heterocycles. The zero-order valence-electron chi connectivity index (χ0n) is 11.8. The lowest BCUT2D eigenvalue weighted by molar-refractivity contribution is -0.132. The number of hydrogen-bond donors (Lipinski definition) is 1. The highest BCUT2D eigenvalue weighted by Gasteiger charge is 2.18. The summed E-state index contributed by atoms with van der Waals surface area (Å²) in [5.41, 5.74) is 1.58. The van der Waals surface area contributed by atoms with Gasteiger partial charge in [-0.25, -0.2) is 0 Å². The van der Waals surface area contributed by atoms with E-state index < -0.39 is 0 Å². The summed E-state index contributed by atoms with van der Waals surface area (Å²) in [6.45, 7) is 4.18. The molecule has 1 aliphatic heterocycles. The van der Waals surface area contributed by atoms with Gasteiger partial charge in [0.05, 0.1) is 11.6 Å². The van der Waals surface area contributed by atoms with Crippen molar-refractivity contribution in [1.82, 2.24) is 9.80 Å². The highest BCUT2D eigenvalue weighted by Crippen LogP contribution is 2.09. The van der Waals surface area contributed by atoms with Gasteiger partial charge in [-0.15, -0.1) is 0 Å². The Hall–Kier alpha value is -2.06. The van der Waals surface area contributed by atoms with Gasteiger partial charge < -0.3 is 15.1 Å². The number of hydrogen-bond acceptors (Lipinski definition) is 4. The van der Waals surface area contributed by atoms with Crippen molar-refractivity contribution in [3.05, 3.63) is 29.8 Å². The Kier molecular flexibility index (Phi) is 4.97. The average Bonchev–Trinajstić information content (AvgIpc) is 2.48. The van der Waals surface area contributed by atoms with Gasteiger partial charge in [0.25, 0.3) is 0 Å². The molecule has 0 saturated carbocycles. The third kappa shape index (κ3) is 3.97. The molecular formula is C15H20N4O. The van der Waals surface area contributed by atoms with Crippen LogP contribution in [0.2, 0.25) is 0 Å². The van der Waals surface area contributed by atoms with E-state index in [1.54, 1.807) is 12.1 Å². The van der Waals surface area contributed by atoms with Crippen molar-refractivity contribution in [2.24, 2.45) is 0 Å². The molecule has 2 rings (SSSR count). The first-order valence-corrected chi connectivity index (χ1v) is 6.89. The van der Waals surface area contributed by atoms with Crippen LogP contribution in [0.4, 0.5) is 5.69 Å². The van der Waals surface area contributed by atoms with Gasteiger partial charge in [0.1, 0.15) is 0 Å². The minimum absolute atomic E-state index is 0.208. The average molecular weight is 272 g/mol. The molecule has 1 heterocycles. The maximum absolute atomic E-state index is 12.0. The monoisotopic (exact) mass is 272 g/mol. The van der Waals surface area contributed by atoms with E-state index in [9.17, 15) is 4.79 Å². The SMILES string of the molecule is CN1CCN(C(=O)CCNc2ccc(C#N)cc2)CC1. The molecule has 0 bridgehead atoms. The van der Waals surface area contributed by atoms with Crippen LogP contribution in [-0.2, 0) is 4.79 Å². The highest BCUT2D eigenvalue weighted by molar-refractivity contribution is 5.76. The largest absolute Gasteiger partial charge is 0.385 e. The molecule has 0 radical (unpaired) electrons. The van der Waals surface area contributed by atoms with Crippen LogP contribution < -0.4 is 5.32 Å². The van der Waals surface area contributed by atoms with Crippen molar-refractivity contribution in [1.29, 1.82) is 5.26 Å². The minimum Gasteiger partial charge on any atom is -0.385 e. The standard InChI is InChI=1S/C15H20N4O/c1-18-8-10-19(11-9-18)15(20)6-7-17-14-4-2-13(12-16)3-5-14/h2-5,17H,6-11H2,1H3. The number of nitriles is 1. The smallest absolute Gasteiger partial charge is 0.224 e. The van der Waals surface area contributed by atoms with Crippen LogP contribution in [0.5, 0.6) is 0 Å². The molecule has 0 atom stereocenters. The van der Waals surface area contributed by atoms with E-state index in [2.05, 4.69) is 23.3 Å². The Balaban J connectivity index is 1.72. The molecule has 5 nitrogen and oxygen atoms in total. The van der Waals surface area contributed by atoms with Crippen LogP contribution in [0.15, 0.2) is 24.3 Å².